The Bertz CT molecular complexity index is 738. The second kappa shape index (κ2) is 6.09. The highest BCUT2D eigenvalue weighted by Gasteiger charge is 2.35. The lowest BCUT2D eigenvalue weighted by atomic mass is 10.1. The molecule has 4 rings (SSSR count). The molecule has 1 aliphatic carbocycles. The molecule has 0 bridgehead atoms. The van der Waals surface area contributed by atoms with Crippen LogP contribution in [-0.2, 0) is 19.5 Å². The lowest BCUT2D eigenvalue weighted by Gasteiger charge is -2.23. The number of hydrogen-bond donors (Lipinski definition) is 2. The van der Waals surface area contributed by atoms with Gasteiger partial charge in [-0.05, 0) is 30.5 Å². The van der Waals surface area contributed by atoms with Crippen LogP contribution in [0.25, 0.3) is 0 Å². The first-order chi connectivity index (χ1) is 11.2. The van der Waals surface area contributed by atoms with Gasteiger partial charge >= 0.3 is 0 Å². The summed E-state index contributed by atoms with van der Waals surface area (Å²) < 4.78 is 1.04. The monoisotopic (exact) mass is 374 g/mol. The second-order valence-electron chi connectivity index (χ2n) is 6.25. The molecule has 0 spiro atoms. The summed E-state index contributed by atoms with van der Waals surface area (Å²) in [6.45, 7) is 2.30. The number of fused-ring (bicyclic) bond motifs is 1. The maximum Gasteiger partial charge on any atom is 0.275 e. The number of H-pyrrole nitrogens is 1. The van der Waals surface area contributed by atoms with Crippen molar-refractivity contribution in [1.29, 1.82) is 0 Å². The van der Waals surface area contributed by atoms with Crippen molar-refractivity contribution < 1.29 is 4.79 Å². The Morgan fingerprint density at radius 1 is 1.39 bits per heavy atom. The molecule has 0 atom stereocenters. The SMILES string of the molecule is O=C(c1n[nH]c2c1CNCC2)N(Cc1cccc(Br)c1)C1CC1. The summed E-state index contributed by atoms with van der Waals surface area (Å²) in [5.74, 6) is 0.0497. The van der Waals surface area contributed by atoms with E-state index in [-0.39, 0.29) is 5.91 Å². The van der Waals surface area contributed by atoms with Crippen molar-refractivity contribution >= 4 is 21.8 Å². The standard InChI is InChI=1S/C17H19BrN4O/c18-12-3-1-2-11(8-12)10-22(13-4-5-13)17(23)16-14-9-19-7-6-15(14)20-21-16/h1-3,8,13,19H,4-7,9-10H2,(H,20,21). The number of hydrogen-bond acceptors (Lipinski definition) is 3. The number of aromatic amines is 1. The zero-order chi connectivity index (χ0) is 15.8. The van der Waals surface area contributed by atoms with Crippen molar-refractivity contribution in [1.82, 2.24) is 20.4 Å². The first-order valence-corrected chi connectivity index (χ1v) is 8.84. The zero-order valence-electron chi connectivity index (χ0n) is 12.8. The number of halogens is 1. The molecule has 0 unspecified atom stereocenters. The molecule has 5 nitrogen and oxygen atoms in total. The number of benzene rings is 1. The molecule has 120 valence electrons. The topological polar surface area (TPSA) is 61.0 Å². The van der Waals surface area contributed by atoms with E-state index in [0.29, 0.717) is 18.3 Å². The van der Waals surface area contributed by atoms with Crippen molar-refractivity contribution in [2.75, 3.05) is 6.54 Å². The van der Waals surface area contributed by atoms with Crippen molar-refractivity contribution in [3.05, 3.63) is 51.3 Å². The number of rotatable bonds is 4. The predicted octanol–water partition coefficient (Wildman–Crippen LogP) is 2.62. The van der Waals surface area contributed by atoms with Crippen molar-refractivity contribution in [2.45, 2.75) is 38.4 Å². The van der Waals surface area contributed by atoms with Crippen LogP contribution >= 0.6 is 15.9 Å². The van der Waals surface area contributed by atoms with Crippen LogP contribution in [0.4, 0.5) is 0 Å². The highest BCUT2D eigenvalue weighted by Crippen LogP contribution is 2.31. The fourth-order valence-corrected chi connectivity index (χ4v) is 3.57. The Morgan fingerprint density at radius 2 is 2.26 bits per heavy atom. The third-order valence-electron chi connectivity index (χ3n) is 4.50. The number of carbonyl (C=O) groups excluding carboxylic acids is 1. The molecule has 1 aromatic heterocycles. The summed E-state index contributed by atoms with van der Waals surface area (Å²) in [6, 6.07) is 8.50. The summed E-state index contributed by atoms with van der Waals surface area (Å²) in [5.41, 5.74) is 3.88. The minimum absolute atomic E-state index is 0.0497. The van der Waals surface area contributed by atoms with E-state index in [1.165, 1.54) is 0 Å². The number of nitrogens with zero attached hydrogens (tertiary/aromatic N) is 2. The fraction of sp³-hybridized carbons (Fsp3) is 0.412. The lowest BCUT2D eigenvalue weighted by molar-refractivity contribution is 0.0722. The Kier molecular flexibility index (Phi) is 3.95. The Balaban J connectivity index is 1.60. The molecule has 2 N–H and O–H groups in total. The molecule has 1 fully saturated rings. The minimum Gasteiger partial charge on any atom is -0.330 e. The van der Waals surface area contributed by atoms with Crippen LogP contribution < -0.4 is 5.32 Å². The normalized spacial score (nSPS) is 16.9. The Hall–Kier alpha value is -1.66. The Labute approximate surface area is 143 Å². The van der Waals surface area contributed by atoms with E-state index in [9.17, 15) is 4.79 Å². The summed E-state index contributed by atoms with van der Waals surface area (Å²) in [6.07, 6.45) is 3.08. The van der Waals surface area contributed by atoms with Gasteiger partial charge < -0.3 is 10.2 Å². The number of carbonyl (C=O) groups is 1. The molecular formula is C17H19BrN4O. The van der Waals surface area contributed by atoms with Gasteiger partial charge in [0.2, 0.25) is 0 Å². The van der Waals surface area contributed by atoms with E-state index in [2.05, 4.69) is 43.6 Å². The lowest BCUT2D eigenvalue weighted by Crippen LogP contribution is -2.34. The van der Waals surface area contributed by atoms with Crippen molar-refractivity contribution in [3.63, 3.8) is 0 Å². The van der Waals surface area contributed by atoms with Crippen LogP contribution in [0.1, 0.15) is 40.2 Å². The molecule has 1 aliphatic heterocycles. The molecule has 6 heteroatoms. The van der Waals surface area contributed by atoms with Gasteiger partial charge in [-0.25, -0.2) is 0 Å². The predicted molar refractivity (Wildman–Crippen MR) is 91.0 cm³/mol. The smallest absolute Gasteiger partial charge is 0.275 e. The minimum atomic E-state index is 0.0497. The molecular weight excluding hydrogens is 356 g/mol. The maximum atomic E-state index is 13.1. The molecule has 0 saturated heterocycles. The number of aromatic nitrogens is 2. The zero-order valence-corrected chi connectivity index (χ0v) is 14.4. The van der Waals surface area contributed by atoms with Gasteiger partial charge in [0.25, 0.3) is 5.91 Å². The average Bonchev–Trinajstić information content (AvgIpc) is 3.31. The third kappa shape index (κ3) is 3.05. The van der Waals surface area contributed by atoms with E-state index < -0.39 is 0 Å². The van der Waals surface area contributed by atoms with Crippen LogP contribution in [-0.4, -0.2) is 33.6 Å². The van der Waals surface area contributed by atoms with Gasteiger partial charge in [-0.2, -0.15) is 5.10 Å². The van der Waals surface area contributed by atoms with Gasteiger partial charge in [0, 0.05) is 47.8 Å². The molecule has 2 aliphatic rings. The molecule has 23 heavy (non-hydrogen) atoms. The molecule has 1 aromatic carbocycles. The van der Waals surface area contributed by atoms with Gasteiger partial charge in [-0.1, -0.05) is 28.1 Å². The summed E-state index contributed by atoms with van der Waals surface area (Å²) in [4.78, 5) is 15.0. The largest absolute Gasteiger partial charge is 0.330 e. The van der Waals surface area contributed by atoms with Gasteiger partial charge in [0.05, 0.1) is 0 Å². The van der Waals surface area contributed by atoms with Crippen molar-refractivity contribution in [2.24, 2.45) is 0 Å². The van der Waals surface area contributed by atoms with E-state index in [1.807, 2.05) is 17.0 Å². The first-order valence-electron chi connectivity index (χ1n) is 8.04. The van der Waals surface area contributed by atoms with Gasteiger partial charge in [0.15, 0.2) is 5.69 Å². The summed E-state index contributed by atoms with van der Waals surface area (Å²) in [7, 11) is 0. The van der Waals surface area contributed by atoms with Gasteiger partial charge in [-0.15, -0.1) is 0 Å². The van der Waals surface area contributed by atoms with Crippen LogP contribution in [0, 0.1) is 0 Å². The maximum absolute atomic E-state index is 13.1. The van der Waals surface area contributed by atoms with E-state index >= 15 is 0 Å². The summed E-state index contributed by atoms with van der Waals surface area (Å²) >= 11 is 3.50. The van der Waals surface area contributed by atoms with Gasteiger partial charge in [0.1, 0.15) is 0 Å². The second-order valence-corrected chi connectivity index (χ2v) is 7.17. The van der Waals surface area contributed by atoms with Crippen LogP contribution in [0.2, 0.25) is 0 Å². The molecule has 0 radical (unpaired) electrons. The molecule has 1 amide bonds. The quantitative estimate of drug-likeness (QED) is 0.864. The van der Waals surface area contributed by atoms with E-state index in [0.717, 1.165) is 53.6 Å². The Morgan fingerprint density at radius 3 is 3.04 bits per heavy atom. The van der Waals surface area contributed by atoms with Crippen LogP contribution in [0.3, 0.4) is 0 Å². The highest BCUT2D eigenvalue weighted by atomic mass is 79.9. The molecule has 1 saturated carbocycles. The highest BCUT2D eigenvalue weighted by molar-refractivity contribution is 9.10. The average molecular weight is 375 g/mol. The summed E-state index contributed by atoms with van der Waals surface area (Å²) in [5, 5.41) is 10.7. The van der Waals surface area contributed by atoms with E-state index in [1.54, 1.807) is 0 Å². The molecule has 2 aromatic rings. The third-order valence-corrected chi connectivity index (χ3v) is 4.99. The first kappa shape index (κ1) is 14.9. The van der Waals surface area contributed by atoms with Crippen molar-refractivity contribution in [3.8, 4) is 0 Å². The fourth-order valence-electron chi connectivity index (χ4n) is 3.12. The van der Waals surface area contributed by atoms with E-state index in [4.69, 9.17) is 0 Å². The van der Waals surface area contributed by atoms with Crippen LogP contribution in [0.5, 0.6) is 0 Å². The number of nitrogens with one attached hydrogen (secondary N) is 2. The molecule has 2 heterocycles. The number of amides is 1. The van der Waals surface area contributed by atoms with Gasteiger partial charge in [-0.3, -0.25) is 9.89 Å². The van der Waals surface area contributed by atoms with Crippen LogP contribution in [0.15, 0.2) is 28.7 Å².